The summed E-state index contributed by atoms with van der Waals surface area (Å²) in [7, 11) is 2.26. The van der Waals surface area contributed by atoms with E-state index in [0.717, 1.165) is 6.54 Å². The molecular formula is C23H27N. The first-order chi connectivity index (χ1) is 11.8. The highest BCUT2D eigenvalue weighted by molar-refractivity contribution is 5.85. The van der Waals surface area contributed by atoms with Gasteiger partial charge in [-0.05, 0) is 35.4 Å². The number of hydrogen-bond donors (Lipinski definition) is 0. The summed E-state index contributed by atoms with van der Waals surface area (Å²) in [4.78, 5) is 2.51. The quantitative estimate of drug-likeness (QED) is 0.501. The Labute approximate surface area is 145 Å². The summed E-state index contributed by atoms with van der Waals surface area (Å²) >= 11 is 0. The number of unbranched alkanes of at least 4 members (excludes halogenated alkanes) is 1. The molecule has 0 bridgehead atoms. The first-order valence-corrected chi connectivity index (χ1v) is 9.01. The molecule has 0 amide bonds. The zero-order chi connectivity index (χ0) is 16.8. The van der Waals surface area contributed by atoms with E-state index in [1.54, 1.807) is 0 Å². The van der Waals surface area contributed by atoms with Gasteiger partial charge in [-0.25, -0.2) is 0 Å². The van der Waals surface area contributed by atoms with Crippen molar-refractivity contribution in [1.29, 1.82) is 0 Å². The molecule has 0 spiro atoms. The normalized spacial score (nSPS) is 12.6. The SMILES string of the molecule is CCCCC(c1ccccc1)N(C)Cc1cccc2ccccc12. The van der Waals surface area contributed by atoms with Crippen LogP contribution in [-0.4, -0.2) is 11.9 Å². The first-order valence-electron chi connectivity index (χ1n) is 9.01. The lowest BCUT2D eigenvalue weighted by Crippen LogP contribution is -2.24. The van der Waals surface area contributed by atoms with Crippen molar-refractivity contribution in [2.75, 3.05) is 7.05 Å². The molecule has 0 saturated heterocycles. The Kier molecular flexibility index (Phi) is 5.66. The topological polar surface area (TPSA) is 3.24 Å². The molecule has 0 aliphatic heterocycles. The number of hydrogen-bond acceptors (Lipinski definition) is 1. The highest BCUT2D eigenvalue weighted by atomic mass is 15.1. The van der Waals surface area contributed by atoms with E-state index in [9.17, 15) is 0 Å². The van der Waals surface area contributed by atoms with Gasteiger partial charge in [0.25, 0.3) is 0 Å². The van der Waals surface area contributed by atoms with E-state index >= 15 is 0 Å². The number of nitrogens with zero attached hydrogens (tertiary/aromatic N) is 1. The summed E-state index contributed by atoms with van der Waals surface area (Å²) in [5.74, 6) is 0. The first kappa shape index (κ1) is 16.7. The summed E-state index contributed by atoms with van der Waals surface area (Å²) in [5.41, 5.74) is 2.83. The molecule has 3 aromatic carbocycles. The Morgan fingerprint density at radius 1 is 0.833 bits per heavy atom. The van der Waals surface area contributed by atoms with Gasteiger partial charge in [0.2, 0.25) is 0 Å². The van der Waals surface area contributed by atoms with Crippen LogP contribution in [0.4, 0.5) is 0 Å². The van der Waals surface area contributed by atoms with Gasteiger partial charge in [-0.2, -0.15) is 0 Å². The van der Waals surface area contributed by atoms with Crippen LogP contribution in [0.2, 0.25) is 0 Å². The van der Waals surface area contributed by atoms with Gasteiger partial charge in [0.05, 0.1) is 0 Å². The van der Waals surface area contributed by atoms with Gasteiger partial charge < -0.3 is 0 Å². The average molecular weight is 317 g/mol. The van der Waals surface area contributed by atoms with E-state index in [2.05, 4.69) is 91.7 Å². The minimum absolute atomic E-state index is 0.477. The van der Waals surface area contributed by atoms with E-state index in [-0.39, 0.29) is 0 Å². The smallest absolute Gasteiger partial charge is 0.0348 e. The number of rotatable bonds is 7. The molecule has 0 radical (unpaired) electrons. The molecule has 0 aliphatic rings. The maximum atomic E-state index is 2.51. The van der Waals surface area contributed by atoms with Crippen molar-refractivity contribution in [1.82, 2.24) is 4.90 Å². The van der Waals surface area contributed by atoms with Crippen LogP contribution in [0.1, 0.15) is 43.4 Å². The monoisotopic (exact) mass is 317 g/mol. The molecule has 1 atom stereocenters. The van der Waals surface area contributed by atoms with Crippen molar-refractivity contribution in [3.8, 4) is 0 Å². The lowest BCUT2D eigenvalue weighted by molar-refractivity contribution is 0.221. The average Bonchev–Trinajstić information content (AvgIpc) is 2.63. The molecule has 0 aromatic heterocycles. The van der Waals surface area contributed by atoms with Crippen LogP contribution in [0.25, 0.3) is 10.8 Å². The summed E-state index contributed by atoms with van der Waals surface area (Å²) in [6, 6.07) is 26.7. The van der Waals surface area contributed by atoms with E-state index in [0.29, 0.717) is 6.04 Å². The molecule has 24 heavy (non-hydrogen) atoms. The minimum Gasteiger partial charge on any atom is -0.295 e. The van der Waals surface area contributed by atoms with Crippen molar-refractivity contribution >= 4 is 10.8 Å². The summed E-state index contributed by atoms with van der Waals surface area (Å²) in [6.45, 7) is 3.25. The zero-order valence-electron chi connectivity index (χ0n) is 14.8. The molecule has 0 N–H and O–H groups in total. The third-order valence-corrected chi connectivity index (χ3v) is 4.85. The van der Waals surface area contributed by atoms with Crippen molar-refractivity contribution in [3.63, 3.8) is 0 Å². The fourth-order valence-electron chi connectivity index (χ4n) is 3.52. The Morgan fingerprint density at radius 2 is 1.54 bits per heavy atom. The molecule has 0 heterocycles. The molecule has 3 rings (SSSR count). The van der Waals surface area contributed by atoms with Gasteiger partial charge in [-0.15, -0.1) is 0 Å². The van der Waals surface area contributed by atoms with Crippen molar-refractivity contribution in [2.45, 2.75) is 38.8 Å². The lowest BCUT2D eigenvalue weighted by atomic mass is 9.98. The summed E-state index contributed by atoms with van der Waals surface area (Å²) in [6.07, 6.45) is 3.71. The second kappa shape index (κ2) is 8.12. The van der Waals surface area contributed by atoms with Crippen molar-refractivity contribution in [2.24, 2.45) is 0 Å². The van der Waals surface area contributed by atoms with Crippen molar-refractivity contribution in [3.05, 3.63) is 83.9 Å². The highest BCUT2D eigenvalue weighted by Crippen LogP contribution is 2.28. The predicted octanol–water partition coefficient (Wildman–Crippen LogP) is 6.20. The largest absolute Gasteiger partial charge is 0.295 e. The predicted molar refractivity (Wildman–Crippen MR) is 104 cm³/mol. The lowest BCUT2D eigenvalue weighted by Gasteiger charge is -2.29. The van der Waals surface area contributed by atoms with E-state index in [4.69, 9.17) is 0 Å². The Bertz CT molecular complexity index is 758. The second-order valence-electron chi connectivity index (χ2n) is 6.62. The van der Waals surface area contributed by atoms with Crippen LogP contribution < -0.4 is 0 Å². The van der Waals surface area contributed by atoms with Crippen LogP contribution in [0, 0.1) is 0 Å². The van der Waals surface area contributed by atoms with Gasteiger partial charge in [0.15, 0.2) is 0 Å². The van der Waals surface area contributed by atoms with E-state index in [1.807, 2.05) is 0 Å². The van der Waals surface area contributed by atoms with Crippen LogP contribution in [0.5, 0.6) is 0 Å². The Hall–Kier alpha value is -2.12. The molecule has 124 valence electrons. The van der Waals surface area contributed by atoms with E-state index < -0.39 is 0 Å². The molecule has 0 fully saturated rings. The molecule has 1 heteroatoms. The summed E-state index contributed by atoms with van der Waals surface area (Å²) in [5, 5.41) is 2.70. The van der Waals surface area contributed by atoms with Gasteiger partial charge in [0, 0.05) is 12.6 Å². The van der Waals surface area contributed by atoms with Gasteiger partial charge in [-0.1, -0.05) is 92.6 Å². The molecule has 1 nitrogen and oxygen atoms in total. The molecule has 1 unspecified atom stereocenters. The Balaban J connectivity index is 1.86. The maximum Gasteiger partial charge on any atom is 0.0348 e. The fourth-order valence-corrected chi connectivity index (χ4v) is 3.52. The number of fused-ring (bicyclic) bond motifs is 1. The van der Waals surface area contributed by atoms with Gasteiger partial charge in [0.1, 0.15) is 0 Å². The van der Waals surface area contributed by atoms with Crippen LogP contribution in [0.3, 0.4) is 0 Å². The third-order valence-electron chi connectivity index (χ3n) is 4.85. The highest BCUT2D eigenvalue weighted by Gasteiger charge is 2.17. The van der Waals surface area contributed by atoms with Gasteiger partial charge in [-0.3, -0.25) is 4.90 Å². The van der Waals surface area contributed by atoms with Crippen LogP contribution >= 0.6 is 0 Å². The van der Waals surface area contributed by atoms with E-state index in [1.165, 1.54) is 41.2 Å². The molecular weight excluding hydrogens is 290 g/mol. The zero-order valence-corrected chi connectivity index (χ0v) is 14.8. The Morgan fingerprint density at radius 3 is 2.33 bits per heavy atom. The second-order valence-corrected chi connectivity index (χ2v) is 6.62. The minimum atomic E-state index is 0.477. The van der Waals surface area contributed by atoms with Gasteiger partial charge >= 0.3 is 0 Å². The maximum absolute atomic E-state index is 2.51. The number of benzene rings is 3. The standard InChI is InChI=1S/C23H27N/c1-3-4-17-23(20-12-6-5-7-13-20)24(2)18-21-15-10-14-19-11-8-9-16-22(19)21/h5-16,23H,3-4,17-18H2,1-2H3. The van der Waals surface area contributed by atoms with Crippen LogP contribution in [-0.2, 0) is 6.54 Å². The third kappa shape index (κ3) is 3.85. The van der Waals surface area contributed by atoms with Crippen molar-refractivity contribution < 1.29 is 0 Å². The summed E-state index contributed by atoms with van der Waals surface area (Å²) < 4.78 is 0. The fraction of sp³-hybridized carbons (Fsp3) is 0.304. The van der Waals surface area contributed by atoms with Crippen LogP contribution in [0.15, 0.2) is 72.8 Å². The molecule has 3 aromatic rings. The molecule has 0 saturated carbocycles. The molecule has 0 aliphatic carbocycles.